The third kappa shape index (κ3) is 3.11. The van der Waals surface area contributed by atoms with Crippen LogP contribution in [-0.4, -0.2) is 25.6 Å². The highest BCUT2D eigenvalue weighted by molar-refractivity contribution is 5.83. The molecule has 0 fully saturated rings. The Morgan fingerprint density at radius 2 is 2.17 bits per heavy atom. The van der Waals surface area contributed by atoms with Gasteiger partial charge >= 0.3 is 0 Å². The van der Waals surface area contributed by atoms with Crippen molar-refractivity contribution in [2.24, 2.45) is 0 Å². The van der Waals surface area contributed by atoms with Crippen LogP contribution in [0, 0.1) is 11.3 Å². The van der Waals surface area contributed by atoms with E-state index in [0.29, 0.717) is 24.4 Å². The summed E-state index contributed by atoms with van der Waals surface area (Å²) in [7, 11) is 1.60. The topological polar surface area (TPSA) is 65.4 Å². The molecule has 0 aromatic heterocycles. The zero-order valence-corrected chi connectivity index (χ0v) is 12.8. The first kappa shape index (κ1) is 14.9. The van der Waals surface area contributed by atoms with Gasteiger partial charge in [-0.05, 0) is 29.8 Å². The number of ether oxygens (including phenoxy) is 1. The van der Waals surface area contributed by atoms with E-state index in [9.17, 15) is 4.79 Å². The maximum atomic E-state index is 12.0. The first-order chi connectivity index (χ1) is 11.2. The van der Waals surface area contributed by atoms with Crippen molar-refractivity contribution in [2.75, 3.05) is 18.5 Å². The van der Waals surface area contributed by atoms with Crippen LogP contribution < -0.4 is 15.0 Å². The summed E-state index contributed by atoms with van der Waals surface area (Å²) in [5.41, 5.74) is 2.61. The molecule has 5 heteroatoms. The van der Waals surface area contributed by atoms with E-state index in [1.54, 1.807) is 13.1 Å². The number of nitrogens with one attached hydrogen (secondary N) is 1. The number of para-hydroxylation sites is 2. The van der Waals surface area contributed by atoms with Crippen molar-refractivity contribution >= 4 is 11.6 Å². The molecule has 0 unspecified atom stereocenters. The van der Waals surface area contributed by atoms with Crippen molar-refractivity contribution < 1.29 is 9.53 Å². The van der Waals surface area contributed by atoms with Gasteiger partial charge in [0.05, 0.1) is 23.9 Å². The van der Waals surface area contributed by atoms with Crippen molar-refractivity contribution in [3.8, 4) is 11.8 Å². The predicted octanol–water partition coefficient (Wildman–Crippen LogP) is 2.07. The van der Waals surface area contributed by atoms with Crippen LogP contribution in [-0.2, 0) is 11.3 Å². The number of nitriles is 1. The molecular weight excluding hydrogens is 290 g/mol. The number of carbonyl (C=O) groups is 1. The van der Waals surface area contributed by atoms with E-state index in [1.807, 2.05) is 42.5 Å². The standard InChI is InChI=1S/C18H17N3O2/c1-20-18(22)17-12-21(15-7-2-3-8-16(15)23-17)11-14-6-4-5-13(9-14)10-19/h2-9,17H,11-12H2,1H3,(H,20,22)/t17-/m1/s1. The molecule has 1 heterocycles. The summed E-state index contributed by atoms with van der Waals surface area (Å²) in [6, 6.07) is 17.3. The predicted molar refractivity (Wildman–Crippen MR) is 87.1 cm³/mol. The average molecular weight is 307 g/mol. The Morgan fingerprint density at radius 1 is 1.35 bits per heavy atom. The van der Waals surface area contributed by atoms with E-state index >= 15 is 0 Å². The van der Waals surface area contributed by atoms with Gasteiger partial charge in [0.25, 0.3) is 5.91 Å². The molecule has 0 bridgehead atoms. The Hall–Kier alpha value is -3.00. The second-order valence-corrected chi connectivity index (χ2v) is 5.38. The molecule has 116 valence electrons. The van der Waals surface area contributed by atoms with Gasteiger partial charge in [-0.1, -0.05) is 24.3 Å². The molecule has 0 saturated carbocycles. The Balaban J connectivity index is 1.90. The molecule has 0 saturated heterocycles. The van der Waals surface area contributed by atoms with Crippen molar-refractivity contribution in [1.82, 2.24) is 5.32 Å². The van der Waals surface area contributed by atoms with Crippen molar-refractivity contribution in [2.45, 2.75) is 12.6 Å². The molecule has 0 spiro atoms. The zero-order valence-electron chi connectivity index (χ0n) is 12.8. The lowest BCUT2D eigenvalue weighted by atomic mass is 10.1. The van der Waals surface area contributed by atoms with E-state index in [1.165, 1.54) is 0 Å². The molecule has 1 atom stereocenters. The number of likely N-dealkylation sites (N-methyl/N-ethyl adjacent to an activating group) is 1. The highest BCUT2D eigenvalue weighted by Gasteiger charge is 2.29. The molecule has 1 aliphatic rings. The monoisotopic (exact) mass is 307 g/mol. The van der Waals surface area contributed by atoms with Crippen molar-refractivity contribution in [1.29, 1.82) is 5.26 Å². The van der Waals surface area contributed by atoms with Gasteiger partial charge in [-0.2, -0.15) is 5.26 Å². The molecule has 2 aromatic carbocycles. The summed E-state index contributed by atoms with van der Waals surface area (Å²) in [5, 5.41) is 11.7. The minimum atomic E-state index is -0.547. The van der Waals surface area contributed by atoms with Crippen LogP contribution in [0.3, 0.4) is 0 Å². The molecular formula is C18H17N3O2. The number of benzene rings is 2. The fourth-order valence-corrected chi connectivity index (χ4v) is 2.71. The van der Waals surface area contributed by atoms with Gasteiger partial charge in [0.15, 0.2) is 6.10 Å². The summed E-state index contributed by atoms with van der Waals surface area (Å²) in [6.07, 6.45) is -0.547. The maximum absolute atomic E-state index is 12.0. The molecule has 3 rings (SSSR count). The first-order valence-corrected chi connectivity index (χ1v) is 7.42. The number of fused-ring (bicyclic) bond motifs is 1. The van der Waals surface area contributed by atoms with Crippen LogP contribution in [0.4, 0.5) is 5.69 Å². The summed E-state index contributed by atoms with van der Waals surface area (Å²) < 4.78 is 5.79. The molecule has 1 amide bonds. The molecule has 23 heavy (non-hydrogen) atoms. The minimum Gasteiger partial charge on any atom is -0.477 e. The lowest BCUT2D eigenvalue weighted by Crippen LogP contribution is -2.47. The van der Waals surface area contributed by atoms with E-state index in [4.69, 9.17) is 10.00 Å². The van der Waals surface area contributed by atoms with Gasteiger partial charge in [-0.25, -0.2) is 0 Å². The fourth-order valence-electron chi connectivity index (χ4n) is 2.71. The summed E-state index contributed by atoms with van der Waals surface area (Å²) in [4.78, 5) is 14.1. The van der Waals surface area contributed by atoms with Crippen LogP contribution >= 0.6 is 0 Å². The third-order valence-corrected chi connectivity index (χ3v) is 3.83. The van der Waals surface area contributed by atoms with Gasteiger partial charge in [-0.3, -0.25) is 4.79 Å². The number of nitrogens with zero attached hydrogens (tertiary/aromatic N) is 2. The van der Waals surface area contributed by atoms with E-state index in [2.05, 4.69) is 16.3 Å². The average Bonchev–Trinajstić information content (AvgIpc) is 2.61. The zero-order chi connectivity index (χ0) is 16.2. The smallest absolute Gasteiger partial charge is 0.262 e. The van der Waals surface area contributed by atoms with Crippen LogP contribution in [0.25, 0.3) is 0 Å². The Morgan fingerprint density at radius 3 is 2.96 bits per heavy atom. The molecule has 0 radical (unpaired) electrons. The molecule has 1 aliphatic heterocycles. The van der Waals surface area contributed by atoms with E-state index < -0.39 is 6.10 Å². The first-order valence-electron chi connectivity index (χ1n) is 7.42. The Labute approximate surface area is 135 Å². The fraction of sp³-hybridized carbons (Fsp3) is 0.222. The Kier molecular flexibility index (Phi) is 4.15. The summed E-state index contributed by atoms with van der Waals surface area (Å²) in [5.74, 6) is 0.555. The van der Waals surface area contributed by atoms with Crippen molar-refractivity contribution in [3.63, 3.8) is 0 Å². The van der Waals surface area contributed by atoms with Crippen LogP contribution in [0.1, 0.15) is 11.1 Å². The largest absolute Gasteiger partial charge is 0.477 e. The number of amides is 1. The van der Waals surface area contributed by atoms with Gasteiger partial charge in [0.1, 0.15) is 5.75 Å². The number of rotatable bonds is 3. The van der Waals surface area contributed by atoms with Gasteiger partial charge in [-0.15, -0.1) is 0 Å². The number of carbonyl (C=O) groups excluding carboxylic acids is 1. The highest BCUT2D eigenvalue weighted by atomic mass is 16.5. The number of hydrogen-bond acceptors (Lipinski definition) is 4. The number of hydrogen-bond donors (Lipinski definition) is 1. The Bertz CT molecular complexity index is 767. The molecule has 5 nitrogen and oxygen atoms in total. The lowest BCUT2D eigenvalue weighted by Gasteiger charge is -2.35. The van der Waals surface area contributed by atoms with Crippen LogP contribution in [0.15, 0.2) is 48.5 Å². The van der Waals surface area contributed by atoms with Crippen molar-refractivity contribution in [3.05, 3.63) is 59.7 Å². The van der Waals surface area contributed by atoms with Crippen LogP contribution in [0.2, 0.25) is 0 Å². The van der Waals surface area contributed by atoms with E-state index in [0.717, 1.165) is 11.3 Å². The SMILES string of the molecule is CNC(=O)[C@H]1CN(Cc2cccc(C#N)c2)c2ccccc2O1. The minimum absolute atomic E-state index is 0.143. The normalized spacial score (nSPS) is 16.0. The quantitative estimate of drug-likeness (QED) is 0.943. The number of anilines is 1. The second kappa shape index (κ2) is 6.41. The summed E-state index contributed by atoms with van der Waals surface area (Å²) >= 11 is 0. The lowest BCUT2D eigenvalue weighted by molar-refractivity contribution is -0.127. The summed E-state index contributed by atoms with van der Waals surface area (Å²) in [6.45, 7) is 1.08. The molecule has 0 aliphatic carbocycles. The third-order valence-electron chi connectivity index (χ3n) is 3.83. The molecule has 1 N–H and O–H groups in total. The van der Waals surface area contributed by atoms with Crippen LogP contribution in [0.5, 0.6) is 5.75 Å². The maximum Gasteiger partial charge on any atom is 0.262 e. The highest BCUT2D eigenvalue weighted by Crippen LogP contribution is 2.34. The second-order valence-electron chi connectivity index (χ2n) is 5.38. The van der Waals surface area contributed by atoms with Gasteiger partial charge < -0.3 is 15.0 Å². The van der Waals surface area contributed by atoms with Gasteiger partial charge in [0, 0.05) is 13.6 Å². The molecule has 2 aromatic rings. The van der Waals surface area contributed by atoms with Gasteiger partial charge in [0.2, 0.25) is 0 Å². The van der Waals surface area contributed by atoms with E-state index in [-0.39, 0.29) is 5.91 Å².